The lowest BCUT2D eigenvalue weighted by atomic mass is 10.1. The van der Waals surface area contributed by atoms with Crippen molar-refractivity contribution in [1.82, 2.24) is 54.7 Å². The molecular formula is C73H86Cl5N18O16PS4. The third-order valence-electron chi connectivity index (χ3n) is 17.0. The van der Waals surface area contributed by atoms with Gasteiger partial charge in [0.2, 0.25) is 29.6 Å². The van der Waals surface area contributed by atoms with E-state index in [4.69, 9.17) is 83.1 Å². The van der Waals surface area contributed by atoms with E-state index in [2.05, 4.69) is 88.9 Å². The number of rotatable bonds is 16. The molecule has 4 aromatic carbocycles. The molecule has 12 heterocycles. The van der Waals surface area contributed by atoms with E-state index in [0.717, 1.165) is 72.1 Å². The Morgan fingerprint density at radius 2 is 1.01 bits per heavy atom. The second-order valence-corrected chi connectivity index (χ2v) is 37.2. The number of aromatic hydroxyl groups is 1. The molecule has 5 saturated heterocycles. The molecule has 2 unspecified atom stereocenters. The first-order valence-electron chi connectivity index (χ1n) is 36.6. The third-order valence-corrected chi connectivity index (χ3v) is 21.9. The number of aromatic nitrogens is 10. The fraction of sp³-hybridized carbons (Fsp3) is 0.411. The van der Waals surface area contributed by atoms with Crippen LogP contribution in [0, 0.1) is 5.41 Å². The van der Waals surface area contributed by atoms with Crippen LogP contribution in [0.25, 0.3) is 72.6 Å². The van der Waals surface area contributed by atoms with Crippen molar-refractivity contribution < 1.29 is 67.4 Å². The second kappa shape index (κ2) is 44.2. The predicted molar refractivity (Wildman–Crippen MR) is 459 cm³/mol. The number of aliphatic hydroxyl groups excluding tert-OH is 2. The van der Waals surface area contributed by atoms with Gasteiger partial charge in [0.1, 0.15) is 47.3 Å². The maximum Gasteiger partial charge on any atom is 0.339 e. The van der Waals surface area contributed by atoms with E-state index < -0.39 is 40.5 Å². The summed E-state index contributed by atoms with van der Waals surface area (Å²) in [5, 5.41) is 38.7. The van der Waals surface area contributed by atoms with Crippen molar-refractivity contribution in [3.8, 4) is 37.6 Å². The van der Waals surface area contributed by atoms with E-state index in [9.17, 15) is 34.0 Å². The molecule has 34 nitrogen and oxygen atoms in total. The van der Waals surface area contributed by atoms with Crippen LogP contribution in [0.15, 0.2) is 107 Å². The zero-order valence-electron chi connectivity index (χ0n) is 63.7. The Bertz CT molecular complexity index is 5110. The number of fused-ring (bicyclic) bond motifs is 4. The van der Waals surface area contributed by atoms with Crippen LogP contribution in [0.1, 0.15) is 38.6 Å². The van der Waals surface area contributed by atoms with E-state index in [0.29, 0.717) is 152 Å². The lowest BCUT2D eigenvalue weighted by molar-refractivity contribution is -0.157. The fourth-order valence-electron chi connectivity index (χ4n) is 11.4. The van der Waals surface area contributed by atoms with Gasteiger partial charge in [-0.05, 0) is 110 Å². The van der Waals surface area contributed by atoms with Gasteiger partial charge >= 0.3 is 17.1 Å². The van der Waals surface area contributed by atoms with Crippen LogP contribution < -0.4 is 42.6 Å². The lowest BCUT2D eigenvalue weighted by Gasteiger charge is -2.27. The number of para-hydroxylation sites is 4. The monoisotopic (exact) mass is 1800 g/mol. The number of anilines is 4. The lowest BCUT2D eigenvalue weighted by Crippen LogP contribution is -2.44. The number of nitrogens with zero attached hydrogens (tertiary/aromatic N) is 12. The van der Waals surface area contributed by atoms with Gasteiger partial charge in [-0.15, -0.1) is 45.3 Å². The Balaban J connectivity index is 0.000000151. The number of hydrogen-bond donors (Lipinski definition) is 9. The number of esters is 2. The predicted octanol–water partition coefficient (Wildman–Crippen LogP) is 10.8. The van der Waals surface area contributed by atoms with Gasteiger partial charge in [0.25, 0.3) is 11.1 Å². The molecule has 0 bridgehead atoms. The van der Waals surface area contributed by atoms with Gasteiger partial charge in [0.15, 0.2) is 11.7 Å². The van der Waals surface area contributed by atoms with Crippen molar-refractivity contribution in [3.63, 3.8) is 0 Å². The molecule has 5 fully saturated rings. The largest absolute Gasteiger partial charge is 0.493 e. The van der Waals surface area contributed by atoms with Crippen molar-refractivity contribution >= 4 is 190 Å². The number of halogens is 5. The van der Waals surface area contributed by atoms with E-state index in [-0.39, 0.29) is 55.4 Å². The number of morpholine rings is 4. The molecule has 5 aliphatic heterocycles. The van der Waals surface area contributed by atoms with E-state index in [1.165, 1.54) is 45.3 Å². The summed E-state index contributed by atoms with van der Waals surface area (Å²) >= 11 is 32.2. The molecule has 11 aromatic rings. The van der Waals surface area contributed by atoms with Crippen LogP contribution >= 0.6 is 107 Å². The Morgan fingerprint density at radius 1 is 0.615 bits per heavy atom. The first kappa shape index (κ1) is 91.1. The topological polar surface area (TPSA) is 455 Å². The number of aliphatic hydroxyl groups is 2. The third kappa shape index (κ3) is 26.4. The van der Waals surface area contributed by atoms with Crippen LogP contribution in [0.5, 0.6) is 5.88 Å². The molecule has 0 spiro atoms. The number of aromatic amines is 2. The van der Waals surface area contributed by atoms with Crippen molar-refractivity contribution in [1.29, 1.82) is 5.41 Å². The number of nitrogens with one attached hydrogen (secondary N) is 4. The summed E-state index contributed by atoms with van der Waals surface area (Å²) in [5.41, 5.74) is 14.2. The Labute approximate surface area is 710 Å². The Morgan fingerprint density at radius 3 is 1.38 bits per heavy atom. The second-order valence-electron chi connectivity index (χ2n) is 25.7. The summed E-state index contributed by atoms with van der Waals surface area (Å²) in [4.78, 5) is 98.0. The van der Waals surface area contributed by atoms with Crippen LogP contribution in [-0.4, -0.2) is 251 Å². The molecule has 16 rings (SSSR count). The maximum absolute atomic E-state index is 13.0. The first-order chi connectivity index (χ1) is 56.2. The number of carbonyl (C=O) groups excluding carboxylic acids is 2. The van der Waals surface area contributed by atoms with Crippen LogP contribution in [0.4, 0.5) is 23.7 Å². The molecule has 44 heteroatoms. The number of H-pyrrole nitrogens is 2. The molecule has 5 aliphatic rings. The molecule has 117 heavy (non-hydrogen) atoms. The van der Waals surface area contributed by atoms with Gasteiger partial charge in [0.05, 0.1) is 138 Å². The van der Waals surface area contributed by atoms with Crippen molar-refractivity contribution in [3.05, 3.63) is 133 Å². The molecule has 0 radical (unpaired) electrons. The highest BCUT2D eigenvalue weighted by atomic mass is 36.0. The van der Waals surface area contributed by atoms with Crippen LogP contribution in [0.3, 0.4) is 0 Å². The minimum absolute atomic E-state index is 0.0629. The summed E-state index contributed by atoms with van der Waals surface area (Å²) < 4.78 is 54.9. The average molecular weight is 1810 g/mol. The summed E-state index contributed by atoms with van der Waals surface area (Å²) in [6.07, 6.45) is -0.865. The van der Waals surface area contributed by atoms with Gasteiger partial charge in [0, 0.05) is 65.4 Å². The highest BCUT2D eigenvalue weighted by Crippen LogP contribution is 2.61. The molecular weight excluding hydrogens is 1720 g/mol. The minimum Gasteiger partial charge on any atom is -0.493 e. The summed E-state index contributed by atoms with van der Waals surface area (Å²) in [5.74, 6) is -1.23. The van der Waals surface area contributed by atoms with Gasteiger partial charge in [-0.3, -0.25) is 39.1 Å². The van der Waals surface area contributed by atoms with Gasteiger partial charge in [-0.2, -0.15) is 9.97 Å². The molecule has 11 N–H and O–H groups in total. The number of benzene rings is 4. The fourth-order valence-corrected chi connectivity index (χ4v) is 16.2. The molecule has 0 aliphatic carbocycles. The van der Waals surface area contributed by atoms with E-state index >= 15 is 0 Å². The highest BCUT2D eigenvalue weighted by molar-refractivity contribution is 8.24. The molecule has 0 amide bonds. The van der Waals surface area contributed by atoms with Crippen molar-refractivity contribution in [2.75, 3.05) is 165 Å². The van der Waals surface area contributed by atoms with Gasteiger partial charge in [-0.25, -0.2) is 29.9 Å². The van der Waals surface area contributed by atoms with Gasteiger partial charge < -0.3 is 89.6 Å². The van der Waals surface area contributed by atoms with Crippen molar-refractivity contribution in [2.45, 2.75) is 51.6 Å². The Kier molecular flexibility index (Phi) is 34.4. The Hall–Kier alpha value is -8.19. The number of thiazole rings is 4. The molecule has 2 atom stereocenters. The molecule has 0 saturated carbocycles. The van der Waals surface area contributed by atoms with E-state index in [1.807, 2.05) is 126 Å². The smallest absolute Gasteiger partial charge is 0.339 e. The first-order valence-corrected chi connectivity index (χ1v) is 45.0. The van der Waals surface area contributed by atoms with E-state index in [1.54, 1.807) is 18.7 Å². The normalized spacial score (nSPS) is 16.2. The standard InChI is InChI=1S/C18H21N5O4S.C15H12Cl2N4OS.C15H14N4O3S.C14H15NO4S.C6H13NO2.C5H11N3O.Cl3OP/c24-10-11(25)9-19-15-14(17-20-12-3-1-2-4-13(12)28-17)16(26)22-18(21-15)23-5-7-27-8-6-23;16-12-11(14-18-9-3-1-2-4-10(9)23-14)13(17)20-15(19-12)21-5-7-22-8-6-21;20-12-11(14-16-9-3-1-2-4-10(9)23-14)13(21)18-15(17-12)19-5-7-22-8-6-19;1-3-18-13(16)11(14(17)19-4-2)12-15-9-7-5-6-8-10(9)20-12;1-6(2)8-4-5(3-7)9-6;6-5(7)8-1-3-9-4-2-8;1-5(2,3)4/h1-4,11,24-25H,5-10H2,(H2,19,21,22,26);1-4H,5-8H2;1-4H,5-8H2,(H2,17,18,20,21);5-8,11H,3-4H2,1-2H3;5H,3-4,7H2,1-2H3;1-4H2,(H3,6,7);. The highest BCUT2D eigenvalue weighted by Gasteiger charge is 2.35. The summed E-state index contributed by atoms with van der Waals surface area (Å²) in [7, 11) is 0. The van der Waals surface area contributed by atoms with Crippen LogP contribution in [-0.2, 0) is 52.0 Å². The average Bonchev–Trinajstić information content (AvgIpc) is 1.71. The zero-order chi connectivity index (χ0) is 83.8. The number of hydrogen-bond acceptors (Lipinski definition) is 34. The quantitative estimate of drug-likeness (QED) is 0.0108. The van der Waals surface area contributed by atoms with Crippen molar-refractivity contribution in [2.24, 2.45) is 11.5 Å². The maximum atomic E-state index is 13.0. The zero-order valence-corrected chi connectivity index (χ0v) is 71.6. The SMILES string of the molecule is CC1(C)OCC(CN)O1.CCOC(=O)C(C(=O)OCC)c1nc2ccccc2s1.Clc1nc(N2CCOCC2)nc(Cl)c1-c1nc2ccccc2s1.N=C(N)N1CCOCC1.O=P(Cl)(Cl)Cl.O=c1[nH]c(N2CCOCC2)nc(NCC(O)CO)c1-c1nc2ccccc2s1.O=c1[nH]c(N2CCOCC2)nc(O)c1-c1nc2ccccc2s1. The molecule has 628 valence electrons. The molecule has 7 aromatic heterocycles. The van der Waals surface area contributed by atoms with Crippen LogP contribution in [0.2, 0.25) is 10.3 Å². The summed E-state index contributed by atoms with van der Waals surface area (Å²) in [6.45, 7) is 18.9. The number of guanidine groups is 1. The number of ether oxygens (including phenoxy) is 8. The van der Waals surface area contributed by atoms with Gasteiger partial charge in [-0.1, -0.05) is 71.7 Å². The minimum atomic E-state index is -3.22. The number of nitrogens with two attached hydrogens (primary N) is 2. The summed E-state index contributed by atoms with van der Waals surface area (Å²) in [6, 6.07) is 30.6. The number of carbonyl (C=O) groups is 2.